The molecule has 2 N–H and O–H groups in total. The molecular formula is C15H23N3O. The largest absolute Gasteiger partial charge is 0.326 e. The Kier molecular flexibility index (Phi) is 4.43. The second-order valence-electron chi connectivity index (χ2n) is 5.38. The molecule has 1 aliphatic heterocycles. The average molecular weight is 261 g/mol. The van der Waals surface area contributed by atoms with E-state index in [1.807, 2.05) is 36.2 Å². The fourth-order valence-corrected chi connectivity index (χ4v) is 2.38. The van der Waals surface area contributed by atoms with Gasteiger partial charge < -0.3 is 10.6 Å². The summed E-state index contributed by atoms with van der Waals surface area (Å²) in [6.07, 6.45) is 2.21. The summed E-state index contributed by atoms with van der Waals surface area (Å²) in [7, 11) is 1.83. The lowest BCUT2D eigenvalue weighted by Crippen LogP contribution is -2.45. The summed E-state index contributed by atoms with van der Waals surface area (Å²) in [5.41, 5.74) is 7.57. The van der Waals surface area contributed by atoms with Crippen LogP contribution in [0.4, 0.5) is 10.5 Å². The third-order valence-electron chi connectivity index (χ3n) is 3.90. The molecule has 2 rings (SSSR count). The maximum Gasteiger partial charge on any atom is 0.324 e. The van der Waals surface area contributed by atoms with Crippen LogP contribution >= 0.6 is 0 Å². The number of benzene rings is 1. The standard InChI is InChI=1S/C15H23N3O/c1-12-7-9-18(10-8-12)15(19)17(2)14-5-3-13(11-16)4-6-14/h3-6,12H,7-11,16H2,1-2H3. The van der Waals surface area contributed by atoms with Crippen molar-refractivity contribution < 1.29 is 4.79 Å². The number of carbonyl (C=O) groups excluding carboxylic acids is 1. The number of likely N-dealkylation sites (tertiary alicyclic amines) is 1. The fourth-order valence-electron chi connectivity index (χ4n) is 2.38. The van der Waals surface area contributed by atoms with Gasteiger partial charge in [0.1, 0.15) is 0 Å². The second-order valence-corrected chi connectivity index (χ2v) is 5.38. The lowest BCUT2D eigenvalue weighted by atomic mass is 9.99. The first kappa shape index (κ1) is 13.9. The van der Waals surface area contributed by atoms with Crippen molar-refractivity contribution in [1.82, 2.24) is 4.90 Å². The lowest BCUT2D eigenvalue weighted by molar-refractivity contribution is 0.181. The summed E-state index contributed by atoms with van der Waals surface area (Å²) >= 11 is 0. The molecule has 0 spiro atoms. The van der Waals surface area contributed by atoms with Gasteiger partial charge in [0.25, 0.3) is 0 Å². The highest BCUT2D eigenvalue weighted by atomic mass is 16.2. The van der Waals surface area contributed by atoms with E-state index in [4.69, 9.17) is 5.73 Å². The Labute approximate surface area is 115 Å². The van der Waals surface area contributed by atoms with E-state index in [1.54, 1.807) is 4.90 Å². The first-order valence-electron chi connectivity index (χ1n) is 6.93. The molecule has 0 radical (unpaired) electrons. The number of piperidine rings is 1. The van der Waals surface area contributed by atoms with E-state index < -0.39 is 0 Å². The molecular weight excluding hydrogens is 238 g/mol. The summed E-state index contributed by atoms with van der Waals surface area (Å²) in [6, 6.07) is 7.93. The molecule has 104 valence electrons. The number of carbonyl (C=O) groups is 1. The van der Waals surface area contributed by atoms with Crippen LogP contribution < -0.4 is 10.6 Å². The van der Waals surface area contributed by atoms with Crippen molar-refractivity contribution in [3.8, 4) is 0 Å². The van der Waals surface area contributed by atoms with E-state index in [2.05, 4.69) is 6.92 Å². The normalized spacial score (nSPS) is 16.5. The van der Waals surface area contributed by atoms with Crippen LogP contribution in [0, 0.1) is 5.92 Å². The second kappa shape index (κ2) is 6.06. The molecule has 2 amide bonds. The van der Waals surface area contributed by atoms with Crippen molar-refractivity contribution >= 4 is 11.7 Å². The Morgan fingerprint density at radius 3 is 2.42 bits per heavy atom. The van der Waals surface area contributed by atoms with E-state index in [9.17, 15) is 4.79 Å². The van der Waals surface area contributed by atoms with E-state index >= 15 is 0 Å². The molecule has 0 aliphatic carbocycles. The van der Waals surface area contributed by atoms with Gasteiger partial charge in [-0.3, -0.25) is 4.90 Å². The van der Waals surface area contributed by atoms with Crippen LogP contribution in [0.1, 0.15) is 25.3 Å². The van der Waals surface area contributed by atoms with Gasteiger partial charge in [-0.2, -0.15) is 0 Å². The Bertz CT molecular complexity index is 422. The van der Waals surface area contributed by atoms with Crippen LogP contribution in [-0.2, 0) is 6.54 Å². The third-order valence-corrected chi connectivity index (χ3v) is 3.90. The number of amides is 2. The molecule has 19 heavy (non-hydrogen) atoms. The predicted molar refractivity (Wildman–Crippen MR) is 78.1 cm³/mol. The van der Waals surface area contributed by atoms with Crippen LogP contribution in [0.5, 0.6) is 0 Å². The SMILES string of the molecule is CC1CCN(C(=O)N(C)c2ccc(CN)cc2)CC1. The van der Waals surface area contributed by atoms with E-state index in [0.717, 1.165) is 43.1 Å². The fraction of sp³-hybridized carbons (Fsp3) is 0.533. The zero-order valence-corrected chi connectivity index (χ0v) is 11.8. The minimum atomic E-state index is 0.0902. The van der Waals surface area contributed by atoms with Crippen LogP contribution in [0.3, 0.4) is 0 Å². The summed E-state index contributed by atoms with van der Waals surface area (Å²) in [5, 5.41) is 0. The first-order chi connectivity index (χ1) is 9.11. The molecule has 0 atom stereocenters. The van der Waals surface area contributed by atoms with E-state index in [1.165, 1.54) is 0 Å². The number of hydrogen-bond donors (Lipinski definition) is 1. The molecule has 1 heterocycles. The van der Waals surface area contributed by atoms with Gasteiger partial charge in [0.15, 0.2) is 0 Å². The molecule has 0 bridgehead atoms. The Hall–Kier alpha value is -1.55. The van der Waals surface area contributed by atoms with Gasteiger partial charge in [0.05, 0.1) is 0 Å². The number of urea groups is 1. The van der Waals surface area contributed by atoms with E-state index in [-0.39, 0.29) is 6.03 Å². The highest BCUT2D eigenvalue weighted by Gasteiger charge is 2.23. The average Bonchev–Trinajstić information content (AvgIpc) is 2.46. The molecule has 4 nitrogen and oxygen atoms in total. The van der Waals surface area contributed by atoms with Gasteiger partial charge in [-0.25, -0.2) is 4.79 Å². The smallest absolute Gasteiger partial charge is 0.324 e. The van der Waals surface area contributed by atoms with Crippen LogP contribution in [-0.4, -0.2) is 31.1 Å². The molecule has 1 aromatic rings. The third kappa shape index (κ3) is 3.26. The zero-order valence-electron chi connectivity index (χ0n) is 11.8. The maximum absolute atomic E-state index is 12.4. The maximum atomic E-state index is 12.4. The van der Waals surface area contributed by atoms with E-state index in [0.29, 0.717) is 6.54 Å². The minimum Gasteiger partial charge on any atom is -0.326 e. The summed E-state index contributed by atoms with van der Waals surface area (Å²) in [5.74, 6) is 0.734. The topological polar surface area (TPSA) is 49.6 Å². The van der Waals surface area contributed by atoms with Crippen molar-refractivity contribution in [2.24, 2.45) is 11.7 Å². The number of nitrogens with zero attached hydrogens (tertiary/aromatic N) is 2. The van der Waals surface area contributed by atoms with Gasteiger partial charge in [-0.15, -0.1) is 0 Å². The van der Waals surface area contributed by atoms with Crippen molar-refractivity contribution in [2.45, 2.75) is 26.3 Å². The Morgan fingerprint density at radius 2 is 1.89 bits per heavy atom. The predicted octanol–water partition coefficient (Wildman–Crippen LogP) is 2.43. The molecule has 1 fully saturated rings. The Balaban J connectivity index is 2.01. The van der Waals surface area contributed by atoms with Gasteiger partial charge >= 0.3 is 6.03 Å². The summed E-state index contributed by atoms with van der Waals surface area (Å²) in [4.78, 5) is 16.0. The molecule has 4 heteroatoms. The molecule has 1 aromatic carbocycles. The Morgan fingerprint density at radius 1 is 1.32 bits per heavy atom. The van der Waals surface area contributed by atoms with Gasteiger partial charge in [0.2, 0.25) is 0 Å². The monoisotopic (exact) mass is 261 g/mol. The molecule has 1 saturated heterocycles. The molecule has 0 aromatic heterocycles. The van der Waals surface area contributed by atoms with Gasteiger partial charge in [-0.05, 0) is 36.5 Å². The zero-order chi connectivity index (χ0) is 13.8. The number of anilines is 1. The van der Waals surface area contributed by atoms with Gasteiger partial charge in [-0.1, -0.05) is 19.1 Å². The molecule has 1 aliphatic rings. The lowest BCUT2D eigenvalue weighted by Gasteiger charge is -2.33. The molecule has 0 unspecified atom stereocenters. The minimum absolute atomic E-state index is 0.0902. The van der Waals surface area contributed by atoms with Crippen molar-refractivity contribution in [3.05, 3.63) is 29.8 Å². The van der Waals surface area contributed by atoms with Crippen molar-refractivity contribution in [2.75, 3.05) is 25.0 Å². The molecule has 0 saturated carbocycles. The van der Waals surface area contributed by atoms with Crippen molar-refractivity contribution in [3.63, 3.8) is 0 Å². The summed E-state index contributed by atoms with van der Waals surface area (Å²) < 4.78 is 0. The van der Waals surface area contributed by atoms with Crippen molar-refractivity contribution in [1.29, 1.82) is 0 Å². The summed E-state index contributed by atoms with van der Waals surface area (Å²) in [6.45, 7) is 4.51. The number of hydrogen-bond acceptors (Lipinski definition) is 2. The highest BCUT2D eigenvalue weighted by molar-refractivity contribution is 5.91. The quantitative estimate of drug-likeness (QED) is 0.889. The van der Waals surface area contributed by atoms with Crippen LogP contribution in [0.15, 0.2) is 24.3 Å². The van der Waals surface area contributed by atoms with Crippen LogP contribution in [0.2, 0.25) is 0 Å². The van der Waals surface area contributed by atoms with Gasteiger partial charge in [0, 0.05) is 32.4 Å². The first-order valence-corrected chi connectivity index (χ1v) is 6.93. The number of rotatable bonds is 2. The van der Waals surface area contributed by atoms with Crippen LogP contribution in [0.25, 0.3) is 0 Å². The highest BCUT2D eigenvalue weighted by Crippen LogP contribution is 2.20. The number of nitrogens with two attached hydrogens (primary N) is 1.